The van der Waals surface area contributed by atoms with Crippen LogP contribution in [-0.4, -0.2) is 18.2 Å². The summed E-state index contributed by atoms with van der Waals surface area (Å²) in [6.07, 6.45) is 3.79. The SMILES string of the molecule is CC(/C=C/c1ccccc1)=N\NC(=O)CNc1cccc(Cl)c1C. The quantitative estimate of drug-likeness (QED) is 0.609. The maximum absolute atomic E-state index is 11.9. The fourth-order valence-electron chi connectivity index (χ4n) is 1.98. The van der Waals surface area contributed by atoms with Crippen LogP contribution in [0, 0.1) is 6.92 Å². The summed E-state index contributed by atoms with van der Waals surface area (Å²) in [4.78, 5) is 11.9. The van der Waals surface area contributed by atoms with E-state index >= 15 is 0 Å². The van der Waals surface area contributed by atoms with E-state index in [2.05, 4.69) is 15.8 Å². The lowest BCUT2D eigenvalue weighted by atomic mass is 10.2. The lowest BCUT2D eigenvalue weighted by Crippen LogP contribution is -2.26. The Bertz CT molecular complexity index is 754. The summed E-state index contributed by atoms with van der Waals surface area (Å²) < 4.78 is 0. The van der Waals surface area contributed by atoms with Gasteiger partial charge in [-0.25, -0.2) is 5.43 Å². The smallest absolute Gasteiger partial charge is 0.259 e. The maximum Gasteiger partial charge on any atom is 0.259 e. The number of rotatable bonds is 6. The number of amides is 1. The molecule has 0 saturated carbocycles. The molecule has 0 bridgehead atoms. The molecule has 2 aromatic rings. The molecule has 2 aromatic carbocycles. The Morgan fingerprint density at radius 1 is 1.17 bits per heavy atom. The minimum atomic E-state index is -0.221. The highest BCUT2D eigenvalue weighted by molar-refractivity contribution is 6.31. The summed E-state index contributed by atoms with van der Waals surface area (Å²) in [6, 6.07) is 15.4. The van der Waals surface area contributed by atoms with E-state index in [1.807, 2.05) is 74.5 Å². The highest BCUT2D eigenvalue weighted by Crippen LogP contribution is 2.22. The van der Waals surface area contributed by atoms with Crippen LogP contribution >= 0.6 is 11.6 Å². The Morgan fingerprint density at radius 2 is 1.92 bits per heavy atom. The van der Waals surface area contributed by atoms with Crippen LogP contribution in [0.2, 0.25) is 5.02 Å². The number of carbonyl (C=O) groups is 1. The number of hydrogen-bond acceptors (Lipinski definition) is 3. The van der Waals surface area contributed by atoms with Gasteiger partial charge in [-0.2, -0.15) is 5.10 Å². The molecule has 0 aliphatic heterocycles. The highest BCUT2D eigenvalue weighted by atomic mass is 35.5. The Morgan fingerprint density at radius 3 is 2.67 bits per heavy atom. The van der Waals surface area contributed by atoms with E-state index in [1.165, 1.54) is 0 Å². The molecule has 0 atom stereocenters. The molecule has 1 amide bonds. The molecule has 0 radical (unpaired) electrons. The predicted octanol–water partition coefficient (Wildman–Crippen LogP) is 4.27. The van der Waals surface area contributed by atoms with Gasteiger partial charge >= 0.3 is 0 Å². The van der Waals surface area contributed by atoms with Gasteiger partial charge in [0.05, 0.1) is 12.3 Å². The van der Waals surface area contributed by atoms with Crippen molar-refractivity contribution >= 4 is 35.0 Å². The van der Waals surface area contributed by atoms with E-state index in [1.54, 1.807) is 0 Å². The van der Waals surface area contributed by atoms with E-state index in [4.69, 9.17) is 11.6 Å². The third kappa shape index (κ3) is 5.56. The third-order valence-electron chi connectivity index (χ3n) is 3.38. The lowest BCUT2D eigenvalue weighted by Gasteiger charge is -2.09. The Labute approximate surface area is 147 Å². The second-order valence-electron chi connectivity index (χ2n) is 5.30. The highest BCUT2D eigenvalue weighted by Gasteiger charge is 2.04. The topological polar surface area (TPSA) is 53.5 Å². The van der Waals surface area contributed by atoms with Crippen molar-refractivity contribution in [1.82, 2.24) is 5.43 Å². The number of hydrazone groups is 1. The molecule has 0 unspecified atom stereocenters. The normalized spacial score (nSPS) is 11.5. The van der Waals surface area contributed by atoms with Crippen molar-refractivity contribution in [1.29, 1.82) is 0 Å². The molecule has 24 heavy (non-hydrogen) atoms. The van der Waals surface area contributed by atoms with Gasteiger partial charge in [-0.15, -0.1) is 0 Å². The van der Waals surface area contributed by atoms with Crippen LogP contribution in [0.5, 0.6) is 0 Å². The van der Waals surface area contributed by atoms with Crippen LogP contribution in [0.4, 0.5) is 5.69 Å². The number of nitrogens with one attached hydrogen (secondary N) is 2. The molecule has 0 fully saturated rings. The monoisotopic (exact) mass is 341 g/mol. The van der Waals surface area contributed by atoms with Gasteiger partial charge in [-0.1, -0.05) is 54.1 Å². The minimum Gasteiger partial charge on any atom is -0.376 e. The van der Waals surface area contributed by atoms with Crippen LogP contribution < -0.4 is 10.7 Å². The first kappa shape index (κ1) is 17.8. The molecule has 0 aliphatic carbocycles. The molecule has 0 heterocycles. The first-order valence-electron chi connectivity index (χ1n) is 7.61. The summed E-state index contributed by atoms with van der Waals surface area (Å²) in [5, 5.41) is 7.77. The van der Waals surface area contributed by atoms with Crippen molar-refractivity contribution in [2.45, 2.75) is 13.8 Å². The van der Waals surface area contributed by atoms with Crippen molar-refractivity contribution in [2.75, 3.05) is 11.9 Å². The second-order valence-corrected chi connectivity index (χ2v) is 5.71. The maximum atomic E-state index is 11.9. The average molecular weight is 342 g/mol. The van der Waals surface area contributed by atoms with Crippen molar-refractivity contribution in [3.05, 3.63) is 70.8 Å². The van der Waals surface area contributed by atoms with Crippen LogP contribution in [0.15, 0.2) is 59.7 Å². The van der Waals surface area contributed by atoms with E-state index in [0.717, 1.165) is 16.8 Å². The predicted molar refractivity (Wildman–Crippen MR) is 101 cm³/mol. The van der Waals surface area contributed by atoms with Gasteiger partial charge in [0.2, 0.25) is 0 Å². The fraction of sp³-hybridized carbons (Fsp3) is 0.158. The Balaban J connectivity index is 1.83. The first-order chi connectivity index (χ1) is 11.6. The summed E-state index contributed by atoms with van der Waals surface area (Å²) in [6.45, 7) is 3.86. The summed E-state index contributed by atoms with van der Waals surface area (Å²) in [7, 11) is 0. The average Bonchev–Trinajstić information content (AvgIpc) is 2.60. The standard InChI is InChI=1S/C19H20ClN3O/c1-14(11-12-16-7-4-3-5-8-16)22-23-19(24)13-21-18-10-6-9-17(20)15(18)2/h3-12,21H,13H2,1-2H3,(H,23,24)/b12-11+,22-14+. The lowest BCUT2D eigenvalue weighted by molar-refractivity contribution is -0.119. The van der Waals surface area contributed by atoms with E-state index in [-0.39, 0.29) is 12.5 Å². The number of allylic oxidation sites excluding steroid dienone is 1. The van der Waals surface area contributed by atoms with E-state index in [0.29, 0.717) is 10.7 Å². The zero-order valence-electron chi connectivity index (χ0n) is 13.7. The minimum absolute atomic E-state index is 0.125. The van der Waals surface area contributed by atoms with Gasteiger partial charge in [-0.3, -0.25) is 4.79 Å². The van der Waals surface area contributed by atoms with Crippen molar-refractivity contribution in [3.8, 4) is 0 Å². The van der Waals surface area contributed by atoms with Gasteiger partial charge < -0.3 is 5.32 Å². The largest absolute Gasteiger partial charge is 0.376 e. The van der Waals surface area contributed by atoms with Gasteiger partial charge in [0.25, 0.3) is 5.91 Å². The summed E-state index contributed by atoms with van der Waals surface area (Å²) >= 11 is 6.05. The molecule has 124 valence electrons. The van der Waals surface area contributed by atoms with E-state index < -0.39 is 0 Å². The van der Waals surface area contributed by atoms with Gasteiger partial charge in [0.15, 0.2) is 0 Å². The molecule has 5 heteroatoms. The zero-order valence-corrected chi connectivity index (χ0v) is 14.5. The molecule has 2 N–H and O–H groups in total. The third-order valence-corrected chi connectivity index (χ3v) is 3.79. The second kappa shape index (κ2) is 8.89. The fourth-order valence-corrected chi connectivity index (χ4v) is 2.16. The Kier molecular flexibility index (Phi) is 6.58. The van der Waals surface area contributed by atoms with E-state index in [9.17, 15) is 4.79 Å². The van der Waals surface area contributed by atoms with Crippen LogP contribution in [0.1, 0.15) is 18.1 Å². The number of anilines is 1. The summed E-state index contributed by atoms with van der Waals surface area (Å²) in [5.41, 5.74) is 6.07. The molecule has 2 rings (SSSR count). The molecule has 4 nitrogen and oxygen atoms in total. The molecular weight excluding hydrogens is 322 g/mol. The molecule has 0 aliphatic rings. The zero-order chi connectivity index (χ0) is 17.4. The number of benzene rings is 2. The number of halogens is 1. The number of carbonyl (C=O) groups excluding carboxylic acids is 1. The van der Waals surface area contributed by atoms with Crippen LogP contribution in [0.25, 0.3) is 6.08 Å². The summed E-state index contributed by atoms with van der Waals surface area (Å²) in [5.74, 6) is -0.221. The van der Waals surface area contributed by atoms with Crippen molar-refractivity contribution in [2.24, 2.45) is 5.10 Å². The Hall–Kier alpha value is -2.59. The van der Waals surface area contributed by atoms with Crippen LogP contribution in [0.3, 0.4) is 0 Å². The molecule has 0 spiro atoms. The number of hydrogen-bond donors (Lipinski definition) is 2. The van der Waals surface area contributed by atoms with Gasteiger partial charge in [0.1, 0.15) is 0 Å². The van der Waals surface area contributed by atoms with Crippen LogP contribution in [-0.2, 0) is 4.79 Å². The first-order valence-corrected chi connectivity index (χ1v) is 7.99. The number of nitrogens with zero attached hydrogens (tertiary/aromatic N) is 1. The van der Waals surface area contributed by atoms with Crippen molar-refractivity contribution < 1.29 is 4.79 Å². The molecule has 0 saturated heterocycles. The van der Waals surface area contributed by atoms with Gasteiger partial charge in [0, 0.05) is 10.7 Å². The molecular formula is C19H20ClN3O. The van der Waals surface area contributed by atoms with Crippen molar-refractivity contribution in [3.63, 3.8) is 0 Å². The van der Waals surface area contributed by atoms with Gasteiger partial charge in [-0.05, 0) is 43.2 Å². The molecule has 0 aromatic heterocycles.